The summed E-state index contributed by atoms with van der Waals surface area (Å²) in [5.41, 5.74) is 2.97. The summed E-state index contributed by atoms with van der Waals surface area (Å²) in [5.74, 6) is 0.299. The van der Waals surface area contributed by atoms with Gasteiger partial charge in [-0.15, -0.1) is 0 Å². The molecular weight excluding hydrogens is 278 g/mol. The molecule has 0 aliphatic heterocycles. The molecule has 0 aliphatic carbocycles. The summed E-state index contributed by atoms with van der Waals surface area (Å²) >= 11 is 0. The Morgan fingerprint density at radius 1 is 1.23 bits per heavy atom. The molecule has 0 radical (unpaired) electrons. The van der Waals surface area contributed by atoms with Gasteiger partial charge in [0.2, 0.25) is 5.91 Å². The van der Waals surface area contributed by atoms with Gasteiger partial charge < -0.3 is 10.4 Å². The molecule has 5 nitrogen and oxygen atoms in total. The average Bonchev–Trinajstić information content (AvgIpc) is 2.90. The minimum absolute atomic E-state index is 0.162. The molecule has 1 atom stereocenters. The van der Waals surface area contributed by atoms with Gasteiger partial charge in [0.1, 0.15) is 6.54 Å². The number of hydrogen-bond acceptors (Lipinski definition) is 3. The SMILES string of the molecule is Cc1ccnn1CC(=O)NCC(O)c1ccc(C(C)C)cc1. The first-order valence-corrected chi connectivity index (χ1v) is 7.50. The molecule has 1 heterocycles. The summed E-state index contributed by atoms with van der Waals surface area (Å²) in [6.45, 7) is 6.51. The molecule has 0 saturated heterocycles. The molecule has 0 fully saturated rings. The normalized spacial score (nSPS) is 12.4. The van der Waals surface area contributed by atoms with Crippen molar-refractivity contribution in [1.82, 2.24) is 15.1 Å². The molecule has 0 bridgehead atoms. The summed E-state index contributed by atoms with van der Waals surface area (Å²) in [7, 11) is 0. The fourth-order valence-electron chi connectivity index (χ4n) is 2.19. The second kappa shape index (κ2) is 7.22. The van der Waals surface area contributed by atoms with Crippen LogP contribution in [0.15, 0.2) is 36.5 Å². The lowest BCUT2D eigenvalue weighted by atomic mass is 10.00. The maximum absolute atomic E-state index is 11.9. The Bertz CT molecular complexity index is 617. The van der Waals surface area contributed by atoms with E-state index in [-0.39, 0.29) is 19.0 Å². The number of carbonyl (C=O) groups is 1. The zero-order chi connectivity index (χ0) is 16.1. The van der Waals surface area contributed by atoms with Crippen LogP contribution in [0.2, 0.25) is 0 Å². The molecule has 2 N–H and O–H groups in total. The van der Waals surface area contributed by atoms with Crippen molar-refractivity contribution in [3.63, 3.8) is 0 Å². The van der Waals surface area contributed by atoms with Gasteiger partial charge in [0.15, 0.2) is 0 Å². The Morgan fingerprint density at radius 2 is 1.86 bits per heavy atom. The van der Waals surface area contributed by atoms with Crippen molar-refractivity contribution >= 4 is 5.91 Å². The Labute approximate surface area is 131 Å². The molecule has 118 valence electrons. The van der Waals surface area contributed by atoms with E-state index in [2.05, 4.69) is 24.3 Å². The maximum atomic E-state index is 11.9. The highest BCUT2D eigenvalue weighted by Gasteiger charge is 2.11. The van der Waals surface area contributed by atoms with Gasteiger partial charge in [-0.2, -0.15) is 5.10 Å². The van der Waals surface area contributed by atoms with Crippen LogP contribution in [-0.2, 0) is 11.3 Å². The molecule has 5 heteroatoms. The van der Waals surface area contributed by atoms with Crippen molar-refractivity contribution in [2.45, 2.75) is 39.3 Å². The number of hydrogen-bond donors (Lipinski definition) is 2. The molecule has 2 rings (SSSR count). The van der Waals surface area contributed by atoms with Crippen molar-refractivity contribution in [3.05, 3.63) is 53.3 Å². The predicted molar refractivity (Wildman–Crippen MR) is 85.5 cm³/mol. The van der Waals surface area contributed by atoms with Crippen LogP contribution in [-0.4, -0.2) is 27.3 Å². The summed E-state index contributed by atoms with van der Waals surface area (Å²) in [5, 5.41) is 16.9. The van der Waals surface area contributed by atoms with E-state index in [1.54, 1.807) is 10.9 Å². The molecule has 1 amide bonds. The molecule has 1 unspecified atom stereocenters. The molecule has 1 aromatic heterocycles. The highest BCUT2D eigenvalue weighted by atomic mass is 16.3. The monoisotopic (exact) mass is 301 g/mol. The molecule has 1 aromatic carbocycles. The Kier molecular flexibility index (Phi) is 5.33. The van der Waals surface area contributed by atoms with Gasteiger partial charge in [-0.05, 0) is 30.0 Å². The van der Waals surface area contributed by atoms with Gasteiger partial charge in [-0.3, -0.25) is 9.48 Å². The maximum Gasteiger partial charge on any atom is 0.241 e. The van der Waals surface area contributed by atoms with Crippen molar-refractivity contribution in [2.24, 2.45) is 0 Å². The first kappa shape index (κ1) is 16.2. The van der Waals surface area contributed by atoms with E-state index in [9.17, 15) is 9.90 Å². The van der Waals surface area contributed by atoms with Crippen LogP contribution in [0.1, 0.15) is 42.7 Å². The van der Waals surface area contributed by atoms with Gasteiger partial charge in [-0.25, -0.2) is 0 Å². The molecule has 22 heavy (non-hydrogen) atoms. The number of aliphatic hydroxyl groups excluding tert-OH is 1. The fourth-order valence-corrected chi connectivity index (χ4v) is 2.19. The van der Waals surface area contributed by atoms with Crippen LogP contribution < -0.4 is 5.32 Å². The van der Waals surface area contributed by atoms with Crippen molar-refractivity contribution in [1.29, 1.82) is 0 Å². The number of benzene rings is 1. The summed E-state index contributed by atoms with van der Waals surface area (Å²) in [4.78, 5) is 11.9. The predicted octanol–water partition coefficient (Wildman–Crippen LogP) is 2.16. The van der Waals surface area contributed by atoms with Gasteiger partial charge in [0, 0.05) is 18.4 Å². The topological polar surface area (TPSA) is 67.2 Å². The van der Waals surface area contributed by atoms with Crippen LogP contribution in [0.3, 0.4) is 0 Å². The van der Waals surface area contributed by atoms with E-state index >= 15 is 0 Å². The standard InChI is InChI=1S/C17H23N3O2/c1-12(2)14-4-6-15(7-5-14)16(21)10-18-17(22)11-20-13(3)8-9-19-20/h4-9,12,16,21H,10-11H2,1-3H3,(H,18,22). The van der Waals surface area contributed by atoms with Crippen LogP contribution in [0.4, 0.5) is 0 Å². The second-order valence-electron chi connectivity index (χ2n) is 5.77. The van der Waals surface area contributed by atoms with Crippen molar-refractivity contribution < 1.29 is 9.90 Å². The Balaban J connectivity index is 1.85. The lowest BCUT2D eigenvalue weighted by Gasteiger charge is -2.14. The molecule has 0 saturated carbocycles. The third-order valence-electron chi connectivity index (χ3n) is 3.70. The number of nitrogens with one attached hydrogen (secondary N) is 1. The van der Waals surface area contributed by atoms with E-state index in [0.29, 0.717) is 5.92 Å². The minimum Gasteiger partial charge on any atom is -0.387 e. The molecule has 0 aliphatic rings. The van der Waals surface area contributed by atoms with E-state index < -0.39 is 6.10 Å². The fraction of sp³-hybridized carbons (Fsp3) is 0.412. The molecule has 2 aromatic rings. The Morgan fingerprint density at radius 3 is 2.41 bits per heavy atom. The van der Waals surface area contributed by atoms with Gasteiger partial charge in [-0.1, -0.05) is 38.1 Å². The van der Waals surface area contributed by atoms with E-state index in [1.165, 1.54) is 5.56 Å². The molecule has 0 spiro atoms. The average molecular weight is 301 g/mol. The van der Waals surface area contributed by atoms with E-state index in [4.69, 9.17) is 0 Å². The quantitative estimate of drug-likeness (QED) is 0.859. The smallest absolute Gasteiger partial charge is 0.241 e. The highest BCUT2D eigenvalue weighted by Crippen LogP contribution is 2.18. The van der Waals surface area contributed by atoms with E-state index in [0.717, 1.165) is 11.3 Å². The summed E-state index contributed by atoms with van der Waals surface area (Å²) in [6.07, 6.45) is 0.956. The van der Waals surface area contributed by atoms with Crippen molar-refractivity contribution in [3.8, 4) is 0 Å². The lowest BCUT2D eigenvalue weighted by molar-refractivity contribution is -0.122. The number of aryl methyl sites for hydroxylation is 1. The third kappa shape index (κ3) is 4.18. The number of carbonyl (C=O) groups excluding carboxylic acids is 1. The number of aromatic nitrogens is 2. The lowest BCUT2D eigenvalue weighted by Crippen LogP contribution is -2.31. The van der Waals surface area contributed by atoms with Crippen molar-refractivity contribution in [2.75, 3.05) is 6.54 Å². The number of nitrogens with zero attached hydrogens (tertiary/aromatic N) is 2. The Hall–Kier alpha value is -2.14. The zero-order valence-electron chi connectivity index (χ0n) is 13.3. The number of amides is 1. The third-order valence-corrected chi connectivity index (χ3v) is 3.70. The molecular formula is C17H23N3O2. The van der Waals surface area contributed by atoms with E-state index in [1.807, 2.05) is 37.3 Å². The first-order valence-electron chi connectivity index (χ1n) is 7.50. The number of aliphatic hydroxyl groups is 1. The van der Waals surface area contributed by atoms with Crippen LogP contribution >= 0.6 is 0 Å². The zero-order valence-corrected chi connectivity index (χ0v) is 13.3. The highest BCUT2D eigenvalue weighted by molar-refractivity contribution is 5.75. The summed E-state index contributed by atoms with van der Waals surface area (Å²) in [6, 6.07) is 9.68. The van der Waals surface area contributed by atoms with Crippen LogP contribution in [0.5, 0.6) is 0 Å². The van der Waals surface area contributed by atoms with Crippen LogP contribution in [0, 0.1) is 6.92 Å². The van der Waals surface area contributed by atoms with Crippen LogP contribution in [0.25, 0.3) is 0 Å². The first-order chi connectivity index (χ1) is 10.5. The second-order valence-corrected chi connectivity index (χ2v) is 5.77. The minimum atomic E-state index is -0.705. The van der Waals surface area contributed by atoms with Gasteiger partial charge >= 0.3 is 0 Å². The van der Waals surface area contributed by atoms with Gasteiger partial charge in [0.05, 0.1) is 6.10 Å². The number of rotatable bonds is 6. The largest absolute Gasteiger partial charge is 0.387 e. The van der Waals surface area contributed by atoms with Gasteiger partial charge in [0.25, 0.3) is 0 Å². The summed E-state index contributed by atoms with van der Waals surface area (Å²) < 4.78 is 1.62.